The summed E-state index contributed by atoms with van der Waals surface area (Å²) < 4.78 is 5.62. The molecule has 0 bridgehead atoms. The van der Waals surface area contributed by atoms with Gasteiger partial charge in [0, 0.05) is 16.8 Å². The molecule has 0 radical (unpaired) electrons. The largest absolute Gasteiger partial charge is 0.456 e. The van der Waals surface area contributed by atoms with Crippen LogP contribution in [0.15, 0.2) is 53.9 Å². The lowest BCUT2D eigenvalue weighted by Crippen LogP contribution is -2.25. The molecule has 2 aromatic carbocycles. The predicted octanol–water partition coefficient (Wildman–Crippen LogP) is 6.90. The molecule has 0 saturated carbocycles. The fourth-order valence-corrected chi connectivity index (χ4v) is 4.26. The number of thiophene rings is 1. The van der Waals surface area contributed by atoms with Crippen LogP contribution >= 0.6 is 22.9 Å². The molecule has 0 saturated heterocycles. The Kier molecular flexibility index (Phi) is 7.19. The second-order valence-corrected chi connectivity index (χ2v) is 9.72. The van der Waals surface area contributed by atoms with Crippen LogP contribution in [0.25, 0.3) is 10.4 Å². The van der Waals surface area contributed by atoms with Crippen LogP contribution in [0.5, 0.6) is 0 Å². The Hall–Kier alpha value is -2.63. The second kappa shape index (κ2) is 9.67. The summed E-state index contributed by atoms with van der Waals surface area (Å²) in [5.41, 5.74) is 3.30. The molecule has 1 N–H and O–H groups in total. The van der Waals surface area contributed by atoms with Crippen molar-refractivity contribution in [2.75, 3.05) is 5.32 Å². The molecule has 1 amide bonds. The van der Waals surface area contributed by atoms with E-state index in [-0.39, 0.29) is 5.91 Å². The van der Waals surface area contributed by atoms with Gasteiger partial charge in [0.1, 0.15) is 11.2 Å². The van der Waals surface area contributed by atoms with E-state index in [0.717, 1.165) is 21.6 Å². The molecule has 6 heteroatoms. The van der Waals surface area contributed by atoms with Crippen molar-refractivity contribution in [2.45, 2.75) is 46.1 Å². The van der Waals surface area contributed by atoms with Crippen molar-refractivity contribution < 1.29 is 14.3 Å². The van der Waals surface area contributed by atoms with E-state index in [9.17, 15) is 9.59 Å². The third-order valence-corrected chi connectivity index (χ3v) is 5.78. The van der Waals surface area contributed by atoms with Gasteiger partial charge in [0.2, 0.25) is 5.91 Å². The van der Waals surface area contributed by atoms with Crippen molar-refractivity contribution in [3.63, 3.8) is 0 Å². The number of carbonyl (C=O) groups is 2. The Bertz CT molecular complexity index is 1080. The lowest BCUT2D eigenvalue weighted by atomic mass is 10.1. The number of aryl methyl sites for hydroxylation is 2. The maximum atomic E-state index is 13.0. The number of ether oxygens (including phenoxy) is 1. The van der Waals surface area contributed by atoms with Crippen LogP contribution in [0.1, 0.15) is 48.7 Å². The molecular weight excluding hydrogens is 430 g/mol. The first-order valence-electron chi connectivity index (χ1n) is 10.1. The molecule has 0 spiro atoms. The van der Waals surface area contributed by atoms with Gasteiger partial charge in [-0.15, -0.1) is 11.3 Å². The van der Waals surface area contributed by atoms with E-state index in [0.29, 0.717) is 29.1 Å². The van der Waals surface area contributed by atoms with E-state index in [2.05, 4.69) is 11.4 Å². The average Bonchev–Trinajstić information content (AvgIpc) is 3.09. The third kappa shape index (κ3) is 6.42. The fourth-order valence-electron chi connectivity index (χ4n) is 3.13. The van der Waals surface area contributed by atoms with Crippen LogP contribution in [-0.4, -0.2) is 17.5 Å². The maximum Gasteiger partial charge on any atom is 0.342 e. The molecule has 162 valence electrons. The van der Waals surface area contributed by atoms with Crippen molar-refractivity contribution in [3.05, 3.63) is 75.6 Å². The average molecular weight is 456 g/mol. The van der Waals surface area contributed by atoms with E-state index in [1.54, 1.807) is 17.5 Å². The quantitative estimate of drug-likeness (QED) is 0.411. The van der Waals surface area contributed by atoms with Crippen molar-refractivity contribution in [1.82, 2.24) is 0 Å². The number of hydrogen-bond acceptors (Lipinski definition) is 4. The van der Waals surface area contributed by atoms with Gasteiger partial charge in [-0.3, -0.25) is 4.79 Å². The van der Waals surface area contributed by atoms with Gasteiger partial charge < -0.3 is 10.1 Å². The minimum absolute atomic E-state index is 0.147. The number of nitrogens with one attached hydrogen (secondary N) is 1. The van der Waals surface area contributed by atoms with E-state index in [4.69, 9.17) is 16.3 Å². The first-order chi connectivity index (χ1) is 14.6. The SMILES string of the molecule is Cc1cccc(CCC(=O)Nc2csc(-c3ccc(Cl)cc3)c2C(=O)OC(C)(C)C)c1. The van der Waals surface area contributed by atoms with Crippen molar-refractivity contribution in [2.24, 2.45) is 0 Å². The predicted molar refractivity (Wildman–Crippen MR) is 128 cm³/mol. The van der Waals surface area contributed by atoms with Gasteiger partial charge in [-0.25, -0.2) is 4.79 Å². The Balaban J connectivity index is 1.84. The minimum atomic E-state index is -0.650. The summed E-state index contributed by atoms with van der Waals surface area (Å²) >= 11 is 7.40. The van der Waals surface area contributed by atoms with Crippen LogP contribution in [0.4, 0.5) is 5.69 Å². The summed E-state index contributed by atoms with van der Waals surface area (Å²) in [6.07, 6.45) is 0.951. The molecule has 3 rings (SSSR count). The summed E-state index contributed by atoms with van der Waals surface area (Å²) in [6.45, 7) is 7.48. The minimum Gasteiger partial charge on any atom is -0.456 e. The topological polar surface area (TPSA) is 55.4 Å². The number of carbonyl (C=O) groups excluding carboxylic acids is 2. The first kappa shape index (κ1) is 23.0. The molecule has 0 aliphatic rings. The summed E-state index contributed by atoms with van der Waals surface area (Å²) in [4.78, 5) is 26.4. The molecule has 1 heterocycles. The Morgan fingerprint density at radius 3 is 2.45 bits per heavy atom. The Morgan fingerprint density at radius 2 is 1.81 bits per heavy atom. The number of rotatable bonds is 6. The van der Waals surface area contributed by atoms with Gasteiger partial charge in [-0.1, -0.05) is 53.6 Å². The van der Waals surface area contributed by atoms with Crippen molar-refractivity contribution in [3.8, 4) is 10.4 Å². The highest BCUT2D eigenvalue weighted by molar-refractivity contribution is 7.14. The zero-order chi connectivity index (χ0) is 22.6. The number of amides is 1. The smallest absolute Gasteiger partial charge is 0.342 e. The number of anilines is 1. The first-order valence-corrected chi connectivity index (χ1v) is 11.3. The van der Waals surface area contributed by atoms with Gasteiger partial charge >= 0.3 is 5.97 Å². The standard InChI is InChI=1S/C25H26ClNO3S/c1-16-6-5-7-17(14-16)8-13-21(28)27-20-15-31-23(18-9-11-19(26)12-10-18)22(20)24(29)30-25(2,3)4/h5-7,9-12,14-15H,8,13H2,1-4H3,(H,27,28). The number of hydrogen-bond donors (Lipinski definition) is 1. The summed E-state index contributed by atoms with van der Waals surface area (Å²) in [7, 11) is 0. The highest BCUT2D eigenvalue weighted by atomic mass is 35.5. The van der Waals surface area contributed by atoms with Crippen LogP contribution < -0.4 is 5.32 Å². The number of halogens is 1. The van der Waals surface area contributed by atoms with Gasteiger partial charge in [0.25, 0.3) is 0 Å². The Labute approximate surface area is 192 Å². The lowest BCUT2D eigenvalue weighted by Gasteiger charge is -2.20. The van der Waals surface area contributed by atoms with Gasteiger partial charge in [0.15, 0.2) is 0 Å². The van der Waals surface area contributed by atoms with Crippen molar-refractivity contribution in [1.29, 1.82) is 0 Å². The van der Waals surface area contributed by atoms with Crippen LogP contribution in [-0.2, 0) is 16.0 Å². The number of esters is 1. The van der Waals surface area contributed by atoms with E-state index < -0.39 is 11.6 Å². The van der Waals surface area contributed by atoms with E-state index >= 15 is 0 Å². The molecule has 31 heavy (non-hydrogen) atoms. The fraction of sp³-hybridized carbons (Fsp3) is 0.280. The van der Waals surface area contributed by atoms with Gasteiger partial charge in [-0.2, -0.15) is 0 Å². The van der Waals surface area contributed by atoms with Crippen LogP contribution in [0.2, 0.25) is 5.02 Å². The van der Waals surface area contributed by atoms with Gasteiger partial charge in [0.05, 0.1) is 10.6 Å². The second-order valence-electron chi connectivity index (χ2n) is 8.40. The normalized spacial score (nSPS) is 11.3. The summed E-state index contributed by atoms with van der Waals surface area (Å²) in [5.74, 6) is -0.612. The summed E-state index contributed by atoms with van der Waals surface area (Å²) in [6, 6.07) is 15.3. The zero-order valence-electron chi connectivity index (χ0n) is 18.1. The molecule has 4 nitrogen and oxygen atoms in total. The lowest BCUT2D eigenvalue weighted by molar-refractivity contribution is -0.116. The highest BCUT2D eigenvalue weighted by Gasteiger charge is 2.26. The van der Waals surface area contributed by atoms with Crippen LogP contribution in [0.3, 0.4) is 0 Å². The monoisotopic (exact) mass is 455 g/mol. The molecule has 0 aliphatic carbocycles. The van der Waals surface area contributed by atoms with E-state index in [1.165, 1.54) is 11.3 Å². The molecule has 0 atom stereocenters. The summed E-state index contributed by atoms with van der Waals surface area (Å²) in [5, 5.41) is 5.31. The third-order valence-electron chi connectivity index (χ3n) is 4.50. The maximum absolute atomic E-state index is 13.0. The molecule has 3 aromatic rings. The molecule has 0 fully saturated rings. The molecule has 0 unspecified atom stereocenters. The Morgan fingerprint density at radius 1 is 1.10 bits per heavy atom. The molecule has 1 aromatic heterocycles. The van der Waals surface area contributed by atoms with Gasteiger partial charge in [-0.05, 0) is 57.4 Å². The molecule has 0 aliphatic heterocycles. The van der Waals surface area contributed by atoms with E-state index in [1.807, 2.05) is 58.0 Å². The van der Waals surface area contributed by atoms with Crippen LogP contribution in [0, 0.1) is 6.92 Å². The van der Waals surface area contributed by atoms with Crippen molar-refractivity contribution >= 4 is 40.5 Å². The highest BCUT2D eigenvalue weighted by Crippen LogP contribution is 2.37. The zero-order valence-corrected chi connectivity index (χ0v) is 19.7. The number of benzene rings is 2. The molecular formula is C25H26ClNO3S.